The lowest BCUT2D eigenvalue weighted by molar-refractivity contribution is 0.245. The minimum atomic E-state index is 0.879. The Morgan fingerprint density at radius 2 is 1.36 bits per heavy atom. The van der Waals surface area contributed by atoms with Gasteiger partial charge in [-0.1, -0.05) is 117 Å². The van der Waals surface area contributed by atoms with Crippen LogP contribution in [0.2, 0.25) is 0 Å². The molecule has 0 amide bonds. The minimum absolute atomic E-state index is 0.879. The first-order valence-electron chi connectivity index (χ1n) is 12.3. The monoisotopic (exact) mass is 346 g/mol. The van der Waals surface area contributed by atoms with E-state index in [0.717, 1.165) is 17.3 Å². The molecule has 0 aromatic carbocycles. The van der Waals surface area contributed by atoms with Crippen LogP contribution >= 0.6 is 0 Å². The minimum Gasteiger partial charge on any atom is -0.0654 e. The molecule has 3 aliphatic carbocycles. The van der Waals surface area contributed by atoms with Gasteiger partial charge in [-0.05, 0) is 41.9 Å². The molecule has 0 N–H and O–H groups in total. The molecule has 1 spiro atoms. The van der Waals surface area contributed by atoms with Gasteiger partial charge in [-0.15, -0.1) is 0 Å². The molecule has 0 aromatic heterocycles. The number of rotatable bonds is 6. The standard InChI is InChI=1S/C25H46/c1-3-4-5-15-18-21(2)23-24-22-19-16-13-11-9-7-6-8-10-12-14-17-20-25(22,23)24/h21-24H,3-20H2,1-2H3. The van der Waals surface area contributed by atoms with Crippen molar-refractivity contribution >= 4 is 0 Å². The predicted molar refractivity (Wildman–Crippen MR) is 111 cm³/mol. The van der Waals surface area contributed by atoms with E-state index in [-0.39, 0.29) is 0 Å². The van der Waals surface area contributed by atoms with Crippen LogP contribution in [0.5, 0.6) is 0 Å². The summed E-state index contributed by atoms with van der Waals surface area (Å²) in [6.45, 7) is 4.93. The molecule has 5 atom stereocenters. The van der Waals surface area contributed by atoms with E-state index in [9.17, 15) is 0 Å². The van der Waals surface area contributed by atoms with E-state index in [0.29, 0.717) is 0 Å². The Hall–Kier alpha value is 0. The van der Waals surface area contributed by atoms with E-state index in [1.807, 2.05) is 0 Å². The maximum Gasteiger partial charge on any atom is -0.0198 e. The molecule has 25 heavy (non-hydrogen) atoms. The highest BCUT2D eigenvalue weighted by molar-refractivity contribution is 5.31. The van der Waals surface area contributed by atoms with Gasteiger partial charge in [-0.3, -0.25) is 0 Å². The third-order valence-electron chi connectivity index (χ3n) is 8.28. The summed E-state index contributed by atoms with van der Waals surface area (Å²) >= 11 is 0. The zero-order chi connectivity index (χ0) is 17.5. The fraction of sp³-hybridized carbons (Fsp3) is 1.00. The normalized spacial score (nSPS) is 37.9. The van der Waals surface area contributed by atoms with Crippen LogP contribution in [0.1, 0.15) is 129 Å². The van der Waals surface area contributed by atoms with Gasteiger partial charge in [0.1, 0.15) is 0 Å². The molecule has 0 radical (unpaired) electrons. The SMILES string of the molecule is CCCCCCC(C)C1C2C3CCCCCCCCCCCCCC312. The van der Waals surface area contributed by atoms with Crippen molar-refractivity contribution < 1.29 is 0 Å². The molecule has 3 aliphatic rings. The Bertz CT molecular complexity index is 372. The molecule has 146 valence electrons. The summed E-state index contributed by atoms with van der Waals surface area (Å²) in [6.07, 6.45) is 27.2. The zero-order valence-electron chi connectivity index (χ0n) is 17.5. The Balaban J connectivity index is 1.43. The van der Waals surface area contributed by atoms with Gasteiger partial charge in [0.25, 0.3) is 0 Å². The van der Waals surface area contributed by atoms with Gasteiger partial charge < -0.3 is 0 Å². The molecule has 0 aliphatic heterocycles. The van der Waals surface area contributed by atoms with Gasteiger partial charge in [0.15, 0.2) is 0 Å². The molecule has 0 bridgehead atoms. The first-order chi connectivity index (χ1) is 12.3. The third-order valence-corrected chi connectivity index (χ3v) is 8.28. The van der Waals surface area contributed by atoms with E-state index in [1.54, 1.807) is 25.7 Å². The summed E-state index contributed by atoms with van der Waals surface area (Å²) in [7, 11) is 0. The van der Waals surface area contributed by atoms with Crippen molar-refractivity contribution in [2.75, 3.05) is 0 Å². The molecule has 0 nitrogen and oxygen atoms in total. The summed E-state index contributed by atoms with van der Waals surface area (Å²) in [5.74, 6) is 4.53. The molecule has 3 saturated carbocycles. The van der Waals surface area contributed by atoms with Gasteiger partial charge >= 0.3 is 0 Å². The number of unbranched alkanes of at least 4 members (excludes halogenated alkanes) is 3. The van der Waals surface area contributed by atoms with Crippen LogP contribution in [0.25, 0.3) is 0 Å². The van der Waals surface area contributed by atoms with Crippen LogP contribution in [-0.2, 0) is 0 Å². The average molecular weight is 347 g/mol. The highest BCUT2D eigenvalue weighted by Crippen LogP contribution is 2.89. The second kappa shape index (κ2) is 9.80. The van der Waals surface area contributed by atoms with Gasteiger partial charge in [0.2, 0.25) is 0 Å². The highest BCUT2D eigenvalue weighted by atomic mass is 14.9. The smallest absolute Gasteiger partial charge is 0.0198 e. The number of hydrogen-bond acceptors (Lipinski definition) is 0. The summed E-state index contributed by atoms with van der Waals surface area (Å²) in [4.78, 5) is 0. The molecule has 0 aromatic rings. The Labute approximate surface area is 158 Å². The van der Waals surface area contributed by atoms with Crippen molar-refractivity contribution in [3.63, 3.8) is 0 Å². The van der Waals surface area contributed by atoms with Crippen molar-refractivity contribution in [1.82, 2.24) is 0 Å². The summed E-state index contributed by atoms with van der Waals surface area (Å²) in [6, 6.07) is 0. The van der Waals surface area contributed by atoms with Crippen molar-refractivity contribution in [2.24, 2.45) is 29.1 Å². The van der Waals surface area contributed by atoms with E-state index >= 15 is 0 Å². The molecule has 0 heteroatoms. The maximum absolute atomic E-state index is 2.60. The third kappa shape index (κ3) is 4.84. The summed E-state index contributed by atoms with van der Waals surface area (Å²) in [5.41, 5.74) is 0.879. The molecule has 3 rings (SSSR count). The number of hydrogen-bond donors (Lipinski definition) is 0. The Morgan fingerprint density at radius 1 is 0.760 bits per heavy atom. The highest BCUT2D eigenvalue weighted by Gasteiger charge is 2.84. The topological polar surface area (TPSA) is 0 Å². The molecule has 0 saturated heterocycles. The van der Waals surface area contributed by atoms with Crippen LogP contribution in [-0.4, -0.2) is 0 Å². The second-order valence-electron chi connectivity index (χ2n) is 10.0. The summed E-state index contributed by atoms with van der Waals surface area (Å²) < 4.78 is 0. The van der Waals surface area contributed by atoms with Gasteiger partial charge in [-0.25, -0.2) is 0 Å². The fourth-order valence-corrected chi connectivity index (χ4v) is 6.78. The van der Waals surface area contributed by atoms with Gasteiger partial charge in [0, 0.05) is 0 Å². The van der Waals surface area contributed by atoms with Crippen LogP contribution in [0.3, 0.4) is 0 Å². The van der Waals surface area contributed by atoms with Gasteiger partial charge in [-0.2, -0.15) is 0 Å². The Kier molecular flexibility index (Phi) is 7.74. The molecule has 5 unspecified atom stereocenters. The van der Waals surface area contributed by atoms with Crippen LogP contribution in [0.4, 0.5) is 0 Å². The van der Waals surface area contributed by atoms with Crippen molar-refractivity contribution in [1.29, 1.82) is 0 Å². The van der Waals surface area contributed by atoms with Crippen LogP contribution < -0.4 is 0 Å². The molecular formula is C25H46. The van der Waals surface area contributed by atoms with Gasteiger partial charge in [0.05, 0.1) is 0 Å². The molecule has 0 heterocycles. The Morgan fingerprint density at radius 3 is 2.00 bits per heavy atom. The molecule has 3 fully saturated rings. The second-order valence-corrected chi connectivity index (χ2v) is 10.0. The lowest BCUT2D eigenvalue weighted by Crippen LogP contribution is -2.17. The lowest BCUT2D eigenvalue weighted by Gasteiger charge is -2.25. The van der Waals surface area contributed by atoms with Crippen LogP contribution in [0.15, 0.2) is 0 Å². The molecular weight excluding hydrogens is 300 g/mol. The maximum atomic E-state index is 2.60. The predicted octanol–water partition coefficient (Wildman–Crippen LogP) is 8.54. The van der Waals surface area contributed by atoms with E-state index < -0.39 is 0 Å². The van der Waals surface area contributed by atoms with Crippen molar-refractivity contribution in [2.45, 2.75) is 129 Å². The first kappa shape index (κ1) is 19.8. The van der Waals surface area contributed by atoms with E-state index in [2.05, 4.69) is 13.8 Å². The average Bonchev–Trinajstić information content (AvgIpc) is 3.46. The van der Waals surface area contributed by atoms with Crippen molar-refractivity contribution in [3.8, 4) is 0 Å². The van der Waals surface area contributed by atoms with E-state index in [1.165, 1.54) is 102 Å². The van der Waals surface area contributed by atoms with Crippen LogP contribution in [0, 0.1) is 29.1 Å². The lowest BCUT2D eigenvalue weighted by atomic mass is 9.80. The quantitative estimate of drug-likeness (QED) is 0.423. The number of fused-ring (bicyclic) bond motifs is 1. The summed E-state index contributed by atoms with van der Waals surface area (Å²) in [5, 5.41) is 0. The van der Waals surface area contributed by atoms with E-state index in [4.69, 9.17) is 0 Å². The largest absolute Gasteiger partial charge is 0.0654 e. The van der Waals surface area contributed by atoms with Crippen molar-refractivity contribution in [3.05, 3.63) is 0 Å². The zero-order valence-corrected chi connectivity index (χ0v) is 17.5. The fourth-order valence-electron chi connectivity index (χ4n) is 6.78. The first-order valence-corrected chi connectivity index (χ1v) is 12.3.